The van der Waals surface area contributed by atoms with Gasteiger partial charge in [-0.2, -0.15) is 0 Å². The average Bonchev–Trinajstić information content (AvgIpc) is 2.61. The summed E-state index contributed by atoms with van der Waals surface area (Å²) in [5.41, 5.74) is 0. The molecule has 0 aliphatic rings. The van der Waals surface area contributed by atoms with E-state index in [2.05, 4.69) is 0 Å². The molecule has 162 valence electrons. The second-order valence-electron chi connectivity index (χ2n) is 6.21. The SMILES string of the molecule is CCOC(C)COC(C)COC(C)=O.COC(C)COC(C)COC(C)=O. The molecule has 8 nitrogen and oxygen atoms in total. The lowest BCUT2D eigenvalue weighted by Crippen LogP contribution is -2.24. The Kier molecular flexibility index (Phi) is 18.8. The van der Waals surface area contributed by atoms with Crippen molar-refractivity contribution in [2.75, 3.05) is 40.1 Å². The van der Waals surface area contributed by atoms with Gasteiger partial charge in [0.25, 0.3) is 0 Å². The molecular weight excluding hydrogens is 356 g/mol. The number of esters is 2. The minimum atomic E-state index is -0.282. The summed E-state index contributed by atoms with van der Waals surface area (Å²) in [5.74, 6) is -0.562. The van der Waals surface area contributed by atoms with E-state index in [9.17, 15) is 9.59 Å². The Bertz CT molecular complexity index is 375. The van der Waals surface area contributed by atoms with Gasteiger partial charge in [0.15, 0.2) is 0 Å². The van der Waals surface area contributed by atoms with E-state index in [1.165, 1.54) is 13.8 Å². The Hall–Kier alpha value is -1.22. The standard InChI is InChI=1S/C10H20O4.C9H18O4/c1-5-12-8(2)6-13-9(3)7-14-10(4)11;1-7(11-4)5-12-8(2)6-13-9(3)10/h8-9H,5-7H2,1-4H3;7-8H,5-6H2,1-4H3. The minimum Gasteiger partial charge on any atom is -0.463 e. The maximum Gasteiger partial charge on any atom is 0.302 e. The highest BCUT2D eigenvalue weighted by atomic mass is 16.6. The van der Waals surface area contributed by atoms with Gasteiger partial charge in [-0.3, -0.25) is 9.59 Å². The largest absolute Gasteiger partial charge is 0.463 e. The molecule has 27 heavy (non-hydrogen) atoms. The molecule has 0 spiro atoms. The molecule has 0 saturated carbocycles. The Morgan fingerprint density at radius 1 is 0.667 bits per heavy atom. The van der Waals surface area contributed by atoms with E-state index in [1.807, 2.05) is 34.6 Å². The van der Waals surface area contributed by atoms with Crippen molar-refractivity contribution in [1.29, 1.82) is 0 Å². The fraction of sp³-hybridized carbons (Fsp3) is 0.895. The lowest BCUT2D eigenvalue weighted by Gasteiger charge is -2.16. The van der Waals surface area contributed by atoms with Crippen molar-refractivity contribution in [2.45, 2.75) is 72.9 Å². The molecule has 0 radical (unpaired) electrons. The second kappa shape index (κ2) is 18.2. The number of ether oxygens (including phenoxy) is 6. The van der Waals surface area contributed by atoms with Gasteiger partial charge >= 0.3 is 11.9 Å². The second-order valence-corrected chi connectivity index (χ2v) is 6.21. The fourth-order valence-corrected chi connectivity index (χ4v) is 1.57. The number of carbonyl (C=O) groups is 2. The van der Waals surface area contributed by atoms with E-state index in [-0.39, 0.29) is 36.4 Å². The van der Waals surface area contributed by atoms with E-state index in [0.717, 1.165) is 0 Å². The first-order valence-corrected chi connectivity index (χ1v) is 9.26. The van der Waals surface area contributed by atoms with Crippen molar-refractivity contribution in [3.63, 3.8) is 0 Å². The Balaban J connectivity index is 0. The first kappa shape index (κ1) is 28.0. The molecule has 0 aliphatic carbocycles. The zero-order valence-corrected chi connectivity index (χ0v) is 18.1. The molecule has 8 heteroatoms. The summed E-state index contributed by atoms with van der Waals surface area (Å²) in [6, 6.07) is 0. The Labute approximate surface area is 163 Å². The first-order chi connectivity index (χ1) is 12.6. The monoisotopic (exact) mass is 394 g/mol. The predicted molar refractivity (Wildman–Crippen MR) is 102 cm³/mol. The van der Waals surface area contributed by atoms with E-state index in [0.29, 0.717) is 33.0 Å². The molecule has 0 heterocycles. The summed E-state index contributed by atoms with van der Waals surface area (Å²) in [4.78, 5) is 20.9. The molecule has 4 atom stereocenters. The number of methoxy groups -OCH3 is 1. The van der Waals surface area contributed by atoms with Crippen LogP contribution in [0.3, 0.4) is 0 Å². The molecule has 0 aromatic rings. The number of carbonyl (C=O) groups excluding carboxylic acids is 2. The van der Waals surface area contributed by atoms with Gasteiger partial charge in [-0.05, 0) is 34.6 Å². The van der Waals surface area contributed by atoms with Crippen LogP contribution < -0.4 is 0 Å². The van der Waals surface area contributed by atoms with Gasteiger partial charge in [0.05, 0.1) is 37.6 Å². The maximum absolute atomic E-state index is 10.5. The van der Waals surface area contributed by atoms with Crippen LogP contribution in [0, 0.1) is 0 Å². The zero-order valence-electron chi connectivity index (χ0n) is 18.1. The molecule has 0 aromatic carbocycles. The Morgan fingerprint density at radius 2 is 1.04 bits per heavy atom. The third-order valence-corrected chi connectivity index (χ3v) is 3.13. The summed E-state index contributed by atoms with van der Waals surface area (Å²) in [7, 11) is 1.63. The molecule has 0 aromatic heterocycles. The molecule has 0 rings (SSSR count). The molecule has 0 amide bonds. The zero-order chi connectivity index (χ0) is 21.2. The molecule has 0 saturated heterocycles. The smallest absolute Gasteiger partial charge is 0.302 e. The molecule has 0 N–H and O–H groups in total. The van der Waals surface area contributed by atoms with Crippen molar-refractivity contribution in [1.82, 2.24) is 0 Å². The normalized spacial score (nSPS) is 15.0. The molecule has 0 fully saturated rings. The van der Waals surface area contributed by atoms with Gasteiger partial charge < -0.3 is 28.4 Å². The van der Waals surface area contributed by atoms with Crippen LogP contribution in [0.5, 0.6) is 0 Å². The highest BCUT2D eigenvalue weighted by Crippen LogP contribution is 1.98. The topological polar surface area (TPSA) is 89.5 Å². The first-order valence-electron chi connectivity index (χ1n) is 9.26. The third kappa shape index (κ3) is 22.7. The van der Waals surface area contributed by atoms with Crippen LogP contribution in [0.1, 0.15) is 48.5 Å². The molecule has 4 unspecified atom stereocenters. The predicted octanol–water partition coefficient (Wildman–Crippen LogP) is 2.37. The van der Waals surface area contributed by atoms with Gasteiger partial charge in [0.2, 0.25) is 0 Å². The van der Waals surface area contributed by atoms with Gasteiger partial charge in [-0.1, -0.05) is 0 Å². The molecular formula is C19H38O8. The van der Waals surface area contributed by atoms with Crippen molar-refractivity contribution in [3.05, 3.63) is 0 Å². The van der Waals surface area contributed by atoms with Gasteiger partial charge in [-0.25, -0.2) is 0 Å². The number of hydrogen-bond donors (Lipinski definition) is 0. The van der Waals surface area contributed by atoms with Crippen LogP contribution >= 0.6 is 0 Å². The van der Waals surface area contributed by atoms with Crippen LogP contribution in [0.2, 0.25) is 0 Å². The van der Waals surface area contributed by atoms with Crippen molar-refractivity contribution >= 4 is 11.9 Å². The molecule has 0 aliphatic heterocycles. The van der Waals surface area contributed by atoms with Crippen LogP contribution in [-0.2, 0) is 38.0 Å². The van der Waals surface area contributed by atoms with Crippen LogP contribution in [-0.4, -0.2) is 76.5 Å². The van der Waals surface area contributed by atoms with E-state index < -0.39 is 0 Å². The fourth-order valence-electron chi connectivity index (χ4n) is 1.57. The quantitative estimate of drug-likeness (QED) is 0.440. The van der Waals surface area contributed by atoms with E-state index in [1.54, 1.807) is 7.11 Å². The van der Waals surface area contributed by atoms with Crippen LogP contribution in [0.4, 0.5) is 0 Å². The van der Waals surface area contributed by atoms with Crippen molar-refractivity contribution in [3.8, 4) is 0 Å². The van der Waals surface area contributed by atoms with E-state index >= 15 is 0 Å². The number of hydrogen-bond acceptors (Lipinski definition) is 8. The van der Waals surface area contributed by atoms with Crippen LogP contribution in [0.15, 0.2) is 0 Å². The summed E-state index contributed by atoms with van der Waals surface area (Å²) in [6.07, 6.45) is -0.0112. The maximum atomic E-state index is 10.5. The highest BCUT2D eigenvalue weighted by molar-refractivity contribution is 5.66. The highest BCUT2D eigenvalue weighted by Gasteiger charge is 2.08. The van der Waals surface area contributed by atoms with Gasteiger partial charge in [0.1, 0.15) is 13.2 Å². The summed E-state index contributed by atoms with van der Waals surface area (Å²) in [6.45, 7) is 14.6. The number of rotatable bonds is 13. The van der Waals surface area contributed by atoms with Crippen molar-refractivity contribution < 1.29 is 38.0 Å². The molecule has 0 bridgehead atoms. The third-order valence-electron chi connectivity index (χ3n) is 3.13. The summed E-state index contributed by atoms with van der Waals surface area (Å²) in [5, 5.41) is 0. The van der Waals surface area contributed by atoms with Gasteiger partial charge in [-0.15, -0.1) is 0 Å². The summed E-state index contributed by atoms with van der Waals surface area (Å²) >= 11 is 0. The lowest BCUT2D eigenvalue weighted by atomic mass is 10.4. The van der Waals surface area contributed by atoms with Gasteiger partial charge in [0, 0.05) is 27.6 Å². The Morgan fingerprint density at radius 3 is 1.37 bits per heavy atom. The minimum absolute atomic E-state index is 0.0692. The van der Waals surface area contributed by atoms with E-state index in [4.69, 9.17) is 28.4 Å². The average molecular weight is 395 g/mol. The van der Waals surface area contributed by atoms with Crippen molar-refractivity contribution in [2.24, 2.45) is 0 Å². The lowest BCUT2D eigenvalue weighted by molar-refractivity contribution is -0.146. The van der Waals surface area contributed by atoms with Crippen LogP contribution in [0.25, 0.3) is 0 Å². The summed E-state index contributed by atoms with van der Waals surface area (Å²) < 4.78 is 30.6.